The number of fused-ring (bicyclic) bond motifs is 19. The molecule has 4 aliphatic rings. The standard InChI is InChI=1S/C67H67BN2O2/c1-62(2,3)36-20-24-39(25-21-36)70-51-34-42-40-26-22-38(64(7,8)9)31-46(40)67(14,15)47(42)32-44(51)54-55-41-18-16-17-19-52(41)71-60(55)56-43-30-37(63(4,5)6)23-27-50(43)69-58-45-33-48-49(66(12,13)29-28-65(48,10)11)35-53(45)72-61(58)68(70)57(54)59(56)69/h16-27,30-35H,28-29H2,1-15H3. The second-order valence-electron chi connectivity index (χ2n) is 27.2. The van der Waals surface area contributed by atoms with Gasteiger partial charge in [0.1, 0.15) is 22.4 Å². The van der Waals surface area contributed by atoms with E-state index in [4.69, 9.17) is 8.83 Å². The molecule has 0 spiro atoms. The van der Waals surface area contributed by atoms with Crippen molar-refractivity contribution < 1.29 is 8.83 Å². The molecule has 2 aliphatic heterocycles. The van der Waals surface area contributed by atoms with Gasteiger partial charge in [0.25, 0.3) is 0 Å². The van der Waals surface area contributed by atoms with Crippen LogP contribution < -0.4 is 15.9 Å². The van der Waals surface area contributed by atoms with Crippen LogP contribution in [0.25, 0.3) is 82.7 Å². The summed E-state index contributed by atoms with van der Waals surface area (Å²) in [6, 6.07) is 42.9. The van der Waals surface area contributed by atoms with Crippen LogP contribution >= 0.6 is 0 Å². The van der Waals surface area contributed by atoms with Crippen LogP contribution in [0.2, 0.25) is 0 Å². The molecular formula is C67H67BN2O2. The molecule has 3 aromatic heterocycles. The Morgan fingerprint density at radius 2 is 1.14 bits per heavy atom. The van der Waals surface area contributed by atoms with Crippen molar-refractivity contribution in [2.45, 2.75) is 149 Å². The maximum atomic E-state index is 7.76. The van der Waals surface area contributed by atoms with Gasteiger partial charge in [-0.15, -0.1) is 0 Å². The van der Waals surface area contributed by atoms with Gasteiger partial charge in [-0.2, -0.15) is 0 Å². The molecular weight excluding hydrogens is 876 g/mol. The number of hydrogen-bond donors (Lipinski definition) is 0. The van der Waals surface area contributed by atoms with Gasteiger partial charge in [0.2, 0.25) is 0 Å². The number of para-hydroxylation sites is 1. The molecule has 4 nitrogen and oxygen atoms in total. The molecule has 0 saturated heterocycles. The smallest absolute Gasteiger partial charge is 0.376 e. The topological polar surface area (TPSA) is 34.5 Å². The van der Waals surface area contributed by atoms with Gasteiger partial charge in [-0.25, -0.2) is 0 Å². The highest BCUT2D eigenvalue weighted by molar-refractivity contribution is 6.93. The summed E-state index contributed by atoms with van der Waals surface area (Å²) in [4.78, 5) is 2.67. The molecule has 72 heavy (non-hydrogen) atoms. The fourth-order valence-corrected chi connectivity index (χ4v) is 13.9. The average molecular weight is 943 g/mol. The molecule has 5 heterocycles. The summed E-state index contributed by atoms with van der Waals surface area (Å²) in [5.74, 6) is 0. The lowest BCUT2D eigenvalue weighted by Gasteiger charge is -2.42. The number of aromatic nitrogens is 1. The molecule has 0 bridgehead atoms. The number of rotatable bonds is 1. The highest BCUT2D eigenvalue weighted by atomic mass is 16.3. The largest absolute Gasteiger partial charge is 0.466 e. The Morgan fingerprint density at radius 1 is 0.514 bits per heavy atom. The molecule has 14 rings (SSSR count). The second-order valence-corrected chi connectivity index (χ2v) is 27.2. The maximum absolute atomic E-state index is 7.76. The number of hydrogen-bond acceptors (Lipinski definition) is 3. The van der Waals surface area contributed by atoms with E-state index in [1.807, 2.05) is 0 Å². The molecule has 7 aromatic carbocycles. The average Bonchev–Trinajstić information content (AvgIpc) is 4.05. The molecule has 0 unspecified atom stereocenters. The van der Waals surface area contributed by atoms with Crippen LogP contribution in [0.1, 0.15) is 156 Å². The van der Waals surface area contributed by atoms with Crippen molar-refractivity contribution in [1.82, 2.24) is 4.57 Å². The predicted octanol–water partition coefficient (Wildman–Crippen LogP) is 17.2. The first-order chi connectivity index (χ1) is 33.8. The lowest BCUT2D eigenvalue weighted by atomic mass is 9.46. The van der Waals surface area contributed by atoms with E-state index in [-0.39, 0.29) is 39.3 Å². The first-order valence-corrected chi connectivity index (χ1v) is 26.7. The minimum atomic E-state index is -0.303. The summed E-state index contributed by atoms with van der Waals surface area (Å²) >= 11 is 0. The lowest BCUT2D eigenvalue weighted by Crippen LogP contribution is -2.60. The zero-order valence-corrected chi connectivity index (χ0v) is 45.1. The van der Waals surface area contributed by atoms with Crippen LogP contribution in [0.3, 0.4) is 0 Å². The molecule has 0 saturated carbocycles. The van der Waals surface area contributed by atoms with Gasteiger partial charge in [-0.05, 0) is 156 Å². The lowest BCUT2D eigenvalue weighted by molar-refractivity contribution is 0.332. The maximum Gasteiger partial charge on any atom is 0.376 e. The van der Waals surface area contributed by atoms with Crippen molar-refractivity contribution in [1.29, 1.82) is 0 Å². The monoisotopic (exact) mass is 943 g/mol. The highest BCUT2D eigenvalue weighted by Crippen LogP contribution is 2.58. The molecule has 10 aromatic rings. The highest BCUT2D eigenvalue weighted by Gasteiger charge is 2.51. The van der Waals surface area contributed by atoms with E-state index in [1.54, 1.807) is 0 Å². The third kappa shape index (κ3) is 5.66. The van der Waals surface area contributed by atoms with Crippen molar-refractivity contribution in [3.8, 4) is 27.9 Å². The fourth-order valence-electron chi connectivity index (χ4n) is 13.9. The summed E-state index contributed by atoms with van der Waals surface area (Å²) in [5.41, 5.74) is 25.5. The van der Waals surface area contributed by atoms with Gasteiger partial charge in [-0.3, -0.25) is 0 Å². The third-order valence-corrected chi connectivity index (χ3v) is 18.3. The van der Waals surface area contributed by atoms with E-state index < -0.39 is 0 Å². The van der Waals surface area contributed by atoms with E-state index in [9.17, 15) is 0 Å². The first-order valence-electron chi connectivity index (χ1n) is 26.7. The van der Waals surface area contributed by atoms with Gasteiger partial charge < -0.3 is 18.2 Å². The number of anilines is 2. The normalized spacial score (nSPS) is 17.3. The van der Waals surface area contributed by atoms with Crippen LogP contribution in [0.4, 0.5) is 11.4 Å². The Balaban J connectivity index is 1.21. The molecule has 0 fully saturated rings. The van der Waals surface area contributed by atoms with Crippen LogP contribution in [0.15, 0.2) is 118 Å². The zero-order valence-electron chi connectivity index (χ0n) is 45.1. The van der Waals surface area contributed by atoms with Gasteiger partial charge in [0.15, 0.2) is 0 Å². The Kier molecular flexibility index (Phi) is 8.35. The van der Waals surface area contributed by atoms with Crippen molar-refractivity contribution in [2.24, 2.45) is 0 Å². The molecule has 360 valence electrons. The molecule has 0 N–H and O–H groups in total. The predicted molar refractivity (Wildman–Crippen MR) is 306 cm³/mol. The summed E-state index contributed by atoms with van der Waals surface area (Å²) in [5, 5.41) is 5.91. The molecule has 0 amide bonds. The Morgan fingerprint density at radius 3 is 1.83 bits per heavy atom. The SMILES string of the molecule is CC(C)(C)c1ccc(N2B3c4oc5cc6c(cc5c4-n4c5ccc(C(C)(C)C)cc5c5c7oc8ccccc8c7c(c3c54)-c3cc4c(cc32)-c2ccc(C(C)(C)C)cc2C4(C)C)C(C)(C)CCC6(C)C)cc1. The summed E-state index contributed by atoms with van der Waals surface area (Å²) < 4.78 is 17.7. The number of nitrogens with zero attached hydrogens (tertiary/aromatic N) is 2. The van der Waals surface area contributed by atoms with E-state index >= 15 is 0 Å². The quantitative estimate of drug-likeness (QED) is 0.154. The van der Waals surface area contributed by atoms with Crippen molar-refractivity contribution in [3.63, 3.8) is 0 Å². The van der Waals surface area contributed by atoms with E-state index in [0.717, 1.165) is 52.0 Å². The van der Waals surface area contributed by atoms with E-state index in [2.05, 4.69) is 222 Å². The Bertz CT molecular complexity index is 4070. The zero-order chi connectivity index (χ0) is 50.3. The minimum Gasteiger partial charge on any atom is -0.466 e. The first kappa shape index (κ1) is 44.3. The van der Waals surface area contributed by atoms with Crippen LogP contribution in [0.5, 0.6) is 0 Å². The van der Waals surface area contributed by atoms with Crippen molar-refractivity contribution in [2.75, 3.05) is 4.81 Å². The molecule has 5 heteroatoms. The van der Waals surface area contributed by atoms with Crippen LogP contribution in [-0.2, 0) is 32.5 Å². The third-order valence-electron chi connectivity index (χ3n) is 18.3. The van der Waals surface area contributed by atoms with Crippen LogP contribution in [-0.4, -0.2) is 11.4 Å². The van der Waals surface area contributed by atoms with Gasteiger partial charge >= 0.3 is 6.85 Å². The summed E-state index contributed by atoms with van der Waals surface area (Å²) in [6.07, 6.45) is 2.28. The van der Waals surface area contributed by atoms with E-state index in [1.165, 1.54) is 105 Å². The van der Waals surface area contributed by atoms with Crippen molar-refractivity contribution >= 4 is 84.1 Å². The fraction of sp³-hybridized carbons (Fsp3) is 0.343. The second kappa shape index (κ2) is 13.6. The Hall–Kier alpha value is -6.46. The molecule has 0 radical (unpaired) electrons. The van der Waals surface area contributed by atoms with Crippen LogP contribution in [0, 0.1) is 0 Å². The number of furan rings is 2. The number of benzene rings is 7. The van der Waals surface area contributed by atoms with E-state index in [0.29, 0.717) is 0 Å². The Labute approximate surface area is 425 Å². The summed E-state index contributed by atoms with van der Waals surface area (Å²) in [6.45, 7) is 35.2. The van der Waals surface area contributed by atoms with Gasteiger partial charge in [0.05, 0.1) is 22.1 Å². The minimum absolute atomic E-state index is 0.00266. The molecule has 2 aliphatic carbocycles. The van der Waals surface area contributed by atoms with Crippen molar-refractivity contribution in [3.05, 3.63) is 148 Å². The molecule has 0 atom stereocenters. The summed E-state index contributed by atoms with van der Waals surface area (Å²) in [7, 11) is 0. The van der Waals surface area contributed by atoms with Gasteiger partial charge in [0, 0.05) is 43.9 Å². The van der Waals surface area contributed by atoms with Gasteiger partial charge in [-0.1, -0.05) is 158 Å².